The molecule has 0 bridgehead atoms. The predicted molar refractivity (Wildman–Crippen MR) is 84.1 cm³/mol. The van der Waals surface area contributed by atoms with E-state index in [0.29, 0.717) is 6.04 Å². The second kappa shape index (κ2) is 5.70. The first kappa shape index (κ1) is 14.4. The van der Waals surface area contributed by atoms with E-state index in [-0.39, 0.29) is 0 Å². The Balaban J connectivity index is 1.86. The fraction of sp³-hybridized carbons (Fsp3) is 0.438. The highest BCUT2D eigenvalue weighted by molar-refractivity contribution is 6.30. The van der Waals surface area contributed by atoms with Crippen molar-refractivity contribution in [3.63, 3.8) is 0 Å². The summed E-state index contributed by atoms with van der Waals surface area (Å²) in [5.41, 5.74) is 2.99. The van der Waals surface area contributed by atoms with E-state index in [1.54, 1.807) is 0 Å². The van der Waals surface area contributed by atoms with Gasteiger partial charge in [0.1, 0.15) is 11.4 Å². The van der Waals surface area contributed by atoms with Crippen molar-refractivity contribution in [2.24, 2.45) is 7.05 Å². The Labute approximate surface area is 130 Å². The summed E-state index contributed by atoms with van der Waals surface area (Å²) in [5.74, 6) is 1.67. The predicted octanol–water partition coefficient (Wildman–Crippen LogP) is 3.73. The summed E-state index contributed by atoms with van der Waals surface area (Å²) < 4.78 is 7.95. The monoisotopic (exact) mass is 305 g/mol. The fourth-order valence-corrected chi connectivity index (χ4v) is 2.53. The Morgan fingerprint density at radius 3 is 2.76 bits per heavy atom. The van der Waals surface area contributed by atoms with Gasteiger partial charge in [-0.15, -0.1) is 0 Å². The first-order chi connectivity index (χ1) is 10.0. The number of aromatic nitrogens is 2. The van der Waals surface area contributed by atoms with Gasteiger partial charge in [-0.05, 0) is 44.9 Å². The number of hydrogen-bond acceptors (Lipinski definition) is 3. The quantitative estimate of drug-likeness (QED) is 0.914. The molecule has 3 rings (SSSR count). The molecule has 1 N–H and O–H groups in total. The standard InChI is InChI=1S/C16H20ClN3O/c1-10-16(11(2)20(3)19-10)21-15-7-4-13(17)8-12(15)9-18-14-5-6-14/h4,7-8,14,18H,5-6,9H2,1-3H3. The zero-order valence-electron chi connectivity index (χ0n) is 12.6. The lowest BCUT2D eigenvalue weighted by molar-refractivity contribution is 0.464. The summed E-state index contributed by atoms with van der Waals surface area (Å²) in [5, 5.41) is 8.62. The van der Waals surface area contributed by atoms with E-state index < -0.39 is 0 Å². The minimum absolute atomic E-state index is 0.652. The van der Waals surface area contributed by atoms with Crippen LogP contribution in [0.3, 0.4) is 0 Å². The zero-order chi connectivity index (χ0) is 15.0. The van der Waals surface area contributed by atoms with Crippen molar-refractivity contribution in [1.82, 2.24) is 15.1 Å². The first-order valence-electron chi connectivity index (χ1n) is 7.24. The van der Waals surface area contributed by atoms with Crippen LogP contribution in [-0.4, -0.2) is 15.8 Å². The van der Waals surface area contributed by atoms with Gasteiger partial charge in [-0.2, -0.15) is 5.10 Å². The Hall–Kier alpha value is -1.52. The van der Waals surface area contributed by atoms with Crippen LogP contribution in [0.5, 0.6) is 11.5 Å². The van der Waals surface area contributed by atoms with Gasteiger partial charge < -0.3 is 10.1 Å². The van der Waals surface area contributed by atoms with Crippen LogP contribution in [0.4, 0.5) is 0 Å². The Morgan fingerprint density at radius 1 is 1.38 bits per heavy atom. The normalized spacial score (nSPS) is 14.5. The topological polar surface area (TPSA) is 39.1 Å². The largest absolute Gasteiger partial charge is 0.453 e. The van der Waals surface area contributed by atoms with Crippen LogP contribution in [-0.2, 0) is 13.6 Å². The molecule has 112 valence electrons. The van der Waals surface area contributed by atoms with E-state index in [0.717, 1.165) is 40.0 Å². The maximum Gasteiger partial charge on any atom is 0.171 e. The molecule has 1 aromatic heterocycles. The van der Waals surface area contributed by atoms with Crippen molar-refractivity contribution >= 4 is 11.6 Å². The number of aryl methyl sites for hydroxylation is 2. The molecule has 0 atom stereocenters. The molecular formula is C16H20ClN3O. The van der Waals surface area contributed by atoms with Crippen molar-refractivity contribution in [2.75, 3.05) is 0 Å². The van der Waals surface area contributed by atoms with Crippen LogP contribution >= 0.6 is 11.6 Å². The van der Waals surface area contributed by atoms with Gasteiger partial charge >= 0.3 is 0 Å². The van der Waals surface area contributed by atoms with E-state index in [9.17, 15) is 0 Å². The third-order valence-electron chi connectivity index (χ3n) is 3.84. The lowest BCUT2D eigenvalue weighted by Crippen LogP contribution is -2.15. The molecule has 1 heterocycles. The van der Waals surface area contributed by atoms with Crippen molar-refractivity contribution in [2.45, 2.75) is 39.3 Å². The Kier molecular flexibility index (Phi) is 3.91. The molecule has 1 aliphatic carbocycles. The second-order valence-electron chi connectivity index (χ2n) is 5.63. The second-order valence-corrected chi connectivity index (χ2v) is 6.07. The number of nitrogens with zero attached hydrogens (tertiary/aromatic N) is 2. The zero-order valence-corrected chi connectivity index (χ0v) is 13.4. The Morgan fingerprint density at radius 2 is 2.14 bits per heavy atom. The van der Waals surface area contributed by atoms with E-state index in [1.165, 1.54) is 12.8 Å². The molecule has 0 spiro atoms. The molecule has 0 unspecified atom stereocenters. The van der Waals surface area contributed by atoms with Gasteiger partial charge in [-0.25, -0.2) is 0 Å². The van der Waals surface area contributed by atoms with Gasteiger partial charge in [0, 0.05) is 30.2 Å². The maximum atomic E-state index is 6.12. The summed E-state index contributed by atoms with van der Waals surface area (Å²) in [6, 6.07) is 6.41. The first-order valence-corrected chi connectivity index (χ1v) is 7.62. The van der Waals surface area contributed by atoms with Crippen LogP contribution in [0, 0.1) is 13.8 Å². The molecule has 4 nitrogen and oxygen atoms in total. The average molecular weight is 306 g/mol. The molecular weight excluding hydrogens is 286 g/mol. The highest BCUT2D eigenvalue weighted by Gasteiger charge is 2.21. The van der Waals surface area contributed by atoms with Gasteiger partial charge in [0.2, 0.25) is 0 Å². The van der Waals surface area contributed by atoms with Gasteiger partial charge in [-0.3, -0.25) is 4.68 Å². The van der Waals surface area contributed by atoms with Crippen LogP contribution < -0.4 is 10.1 Å². The molecule has 0 radical (unpaired) electrons. The van der Waals surface area contributed by atoms with E-state index >= 15 is 0 Å². The fourth-order valence-electron chi connectivity index (χ4n) is 2.34. The van der Waals surface area contributed by atoms with E-state index in [2.05, 4.69) is 10.4 Å². The van der Waals surface area contributed by atoms with Crippen molar-refractivity contribution in [3.05, 3.63) is 40.2 Å². The number of rotatable bonds is 5. The van der Waals surface area contributed by atoms with Crippen LogP contribution in [0.25, 0.3) is 0 Å². The molecule has 21 heavy (non-hydrogen) atoms. The summed E-state index contributed by atoms with van der Waals surface area (Å²) in [6.45, 7) is 4.74. The number of nitrogens with one attached hydrogen (secondary N) is 1. The molecule has 5 heteroatoms. The lowest BCUT2D eigenvalue weighted by Gasteiger charge is -2.12. The number of benzene rings is 1. The number of hydrogen-bond donors (Lipinski definition) is 1. The molecule has 1 saturated carbocycles. The smallest absolute Gasteiger partial charge is 0.171 e. The SMILES string of the molecule is Cc1nn(C)c(C)c1Oc1ccc(Cl)cc1CNC1CC1. The third kappa shape index (κ3) is 3.22. The average Bonchev–Trinajstić information content (AvgIpc) is 3.23. The molecule has 1 fully saturated rings. The molecule has 1 aromatic carbocycles. The van der Waals surface area contributed by atoms with Crippen LogP contribution in [0.2, 0.25) is 5.02 Å². The number of halogens is 1. The highest BCUT2D eigenvalue weighted by atomic mass is 35.5. The Bertz CT molecular complexity index is 662. The lowest BCUT2D eigenvalue weighted by atomic mass is 10.2. The molecule has 0 amide bonds. The van der Waals surface area contributed by atoms with Gasteiger partial charge in [0.25, 0.3) is 0 Å². The van der Waals surface area contributed by atoms with Gasteiger partial charge in [-0.1, -0.05) is 11.6 Å². The summed E-state index contributed by atoms with van der Waals surface area (Å²) >= 11 is 6.12. The highest BCUT2D eigenvalue weighted by Crippen LogP contribution is 2.32. The van der Waals surface area contributed by atoms with Crippen molar-refractivity contribution in [1.29, 1.82) is 0 Å². The van der Waals surface area contributed by atoms with E-state index in [1.807, 2.05) is 43.8 Å². The molecule has 2 aromatic rings. The number of ether oxygens (including phenoxy) is 1. The molecule has 1 aliphatic rings. The van der Waals surface area contributed by atoms with Crippen molar-refractivity contribution < 1.29 is 4.74 Å². The van der Waals surface area contributed by atoms with Crippen LogP contribution in [0.1, 0.15) is 29.8 Å². The van der Waals surface area contributed by atoms with Crippen molar-refractivity contribution in [3.8, 4) is 11.5 Å². The van der Waals surface area contributed by atoms with Crippen LogP contribution in [0.15, 0.2) is 18.2 Å². The van der Waals surface area contributed by atoms with Gasteiger partial charge in [0.15, 0.2) is 5.75 Å². The van der Waals surface area contributed by atoms with Gasteiger partial charge in [0.05, 0.1) is 5.69 Å². The summed E-state index contributed by atoms with van der Waals surface area (Å²) in [4.78, 5) is 0. The minimum atomic E-state index is 0.652. The maximum absolute atomic E-state index is 6.12. The molecule has 0 saturated heterocycles. The summed E-state index contributed by atoms with van der Waals surface area (Å²) in [6.07, 6.45) is 2.52. The molecule has 0 aliphatic heterocycles. The minimum Gasteiger partial charge on any atom is -0.453 e. The third-order valence-corrected chi connectivity index (χ3v) is 4.07. The summed E-state index contributed by atoms with van der Waals surface area (Å²) in [7, 11) is 1.92. The van der Waals surface area contributed by atoms with E-state index in [4.69, 9.17) is 16.3 Å².